The molecule has 0 saturated carbocycles. The minimum Gasteiger partial charge on any atom is -0.469 e. The molecule has 1 unspecified atom stereocenters. The molecule has 1 N–H and O–H groups in total. The Balaban J connectivity index is 1.50. The van der Waals surface area contributed by atoms with Crippen molar-refractivity contribution in [3.63, 3.8) is 0 Å². The van der Waals surface area contributed by atoms with Crippen molar-refractivity contribution in [2.75, 3.05) is 72.1 Å². The predicted molar refractivity (Wildman–Crippen MR) is 117 cm³/mol. The van der Waals surface area contributed by atoms with Gasteiger partial charge in [0.1, 0.15) is 5.76 Å². The van der Waals surface area contributed by atoms with E-state index in [-0.39, 0.29) is 0 Å². The molecule has 3 rings (SSSR count). The van der Waals surface area contributed by atoms with Gasteiger partial charge in [-0.05, 0) is 38.1 Å². The number of guanidine groups is 1. The highest BCUT2D eigenvalue weighted by Gasteiger charge is 2.28. The van der Waals surface area contributed by atoms with Crippen molar-refractivity contribution < 1.29 is 9.15 Å². The fraction of sp³-hybridized carbons (Fsp3) is 0.773. The zero-order chi connectivity index (χ0) is 20.3. The molecule has 0 amide bonds. The molecule has 7 heteroatoms. The highest BCUT2D eigenvalue weighted by molar-refractivity contribution is 5.80. The topological polar surface area (TPSA) is 56.5 Å². The zero-order valence-corrected chi connectivity index (χ0v) is 18.3. The number of morpholine rings is 1. The summed E-state index contributed by atoms with van der Waals surface area (Å²) in [7, 11) is 0. The molecule has 7 nitrogen and oxygen atoms in total. The van der Waals surface area contributed by atoms with E-state index in [1.807, 2.05) is 12.1 Å². The summed E-state index contributed by atoms with van der Waals surface area (Å²) in [6.07, 6.45) is 4.93. The number of hydrogen-bond donors (Lipinski definition) is 1. The van der Waals surface area contributed by atoms with Crippen molar-refractivity contribution in [2.45, 2.75) is 39.2 Å². The summed E-state index contributed by atoms with van der Waals surface area (Å²) in [5, 5.41) is 3.60. The summed E-state index contributed by atoms with van der Waals surface area (Å²) in [6, 6.07) is 4.62. The number of likely N-dealkylation sites (tertiary alicyclic amines) is 1. The van der Waals surface area contributed by atoms with Gasteiger partial charge in [0.2, 0.25) is 0 Å². The van der Waals surface area contributed by atoms with Gasteiger partial charge in [0.05, 0.1) is 19.5 Å². The van der Waals surface area contributed by atoms with Crippen LogP contribution in [0.2, 0.25) is 0 Å². The summed E-state index contributed by atoms with van der Waals surface area (Å²) in [4.78, 5) is 12.5. The largest absolute Gasteiger partial charge is 0.469 e. The van der Waals surface area contributed by atoms with E-state index >= 15 is 0 Å². The molecule has 2 aliphatic heterocycles. The van der Waals surface area contributed by atoms with Gasteiger partial charge < -0.3 is 19.4 Å². The first-order valence-corrected chi connectivity index (χ1v) is 11.4. The monoisotopic (exact) mass is 405 g/mol. The molecule has 1 atom stereocenters. The van der Waals surface area contributed by atoms with E-state index in [1.54, 1.807) is 6.26 Å². The molecule has 0 radical (unpaired) electrons. The van der Waals surface area contributed by atoms with Crippen LogP contribution in [-0.2, 0) is 11.2 Å². The summed E-state index contributed by atoms with van der Waals surface area (Å²) in [5.74, 6) is 2.08. The van der Waals surface area contributed by atoms with Crippen molar-refractivity contribution in [1.29, 1.82) is 0 Å². The van der Waals surface area contributed by atoms with E-state index in [0.29, 0.717) is 6.04 Å². The quantitative estimate of drug-likeness (QED) is 0.365. The lowest BCUT2D eigenvalue weighted by Crippen LogP contribution is -2.44. The van der Waals surface area contributed by atoms with Crippen LogP contribution in [0.25, 0.3) is 0 Å². The fourth-order valence-corrected chi connectivity index (χ4v) is 4.30. The zero-order valence-electron chi connectivity index (χ0n) is 18.3. The molecule has 0 spiro atoms. The van der Waals surface area contributed by atoms with Crippen LogP contribution in [0, 0.1) is 0 Å². The lowest BCUT2D eigenvalue weighted by atomic mass is 10.2. The molecule has 0 aromatic carbocycles. The molecular weight excluding hydrogens is 366 g/mol. The Hall–Kier alpha value is -1.57. The molecule has 29 heavy (non-hydrogen) atoms. The lowest BCUT2D eigenvalue weighted by molar-refractivity contribution is 0.0377. The van der Waals surface area contributed by atoms with Crippen LogP contribution in [0.1, 0.15) is 32.4 Å². The molecule has 164 valence electrons. The Morgan fingerprint density at radius 3 is 2.79 bits per heavy atom. The van der Waals surface area contributed by atoms with Crippen LogP contribution in [0.4, 0.5) is 0 Å². The number of ether oxygens (including phenoxy) is 1. The van der Waals surface area contributed by atoms with Crippen LogP contribution in [0.15, 0.2) is 27.8 Å². The Bertz CT molecular complexity index is 582. The van der Waals surface area contributed by atoms with Gasteiger partial charge in [-0.2, -0.15) is 0 Å². The minimum atomic E-state index is 0.635. The first-order valence-electron chi connectivity index (χ1n) is 11.4. The predicted octanol–water partition coefficient (Wildman–Crippen LogP) is 1.91. The van der Waals surface area contributed by atoms with E-state index < -0.39 is 0 Å². The Morgan fingerprint density at radius 1 is 1.24 bits per heavy atom. The van der Waals surface area contributed by atoms with E-state index in [1.165, 1.54) is 6.42 Å². The van der Waals surface area contributed by atoms with Crippen LogP contribution < -0.4 is 5.32 Å². The molecule has 3 heterocycles. The van der Waals surface area contributed by atoms with Crippen molar-refractivity contribution in [2.24, 2.45) is 4.99 Å². The standard InChI is InChI=1S/C22H39N5O2/c1-3-26(4-2)20-9-13-27(19-20)22(24-11-8-21-7-5-16-29-21)23-10-6-12-25-14-17-28-18-15-25/h5,7,16,20H,3-4,6,8-15,17-19H2,1-2H3,(H,23,24). The molecule has 2 aliphatic rings. The molecular formula is C22H39N5O2. The van der Waals surface area contributed by atoms with Crippen LogP contribution in [-0.4, -0.2) is 98.8 Å². The normalized spacial score (nSPS) is 21.3. The minimum absolute atomic E-state index is 0.635. The van der Waals surface area contributed by atoms with Crippen molar-refractivity contribution in [3.05, 3.63) is 24.2 Å². The smallest absolute Gasteiger partial charge is 0.193 e. The second-order valence-electron chi connectivity index (χ2n) is 7.88. The van der Waals surface area contributed by atoms with E-state index in [0.717, 1.165) is 96.7 Å². The maximum Gasteiger partial charge on any atom is 0.193 e. The van der Waals surface area contributed by atoms with Crippen LogP contribution in [0.3, 0.4) is 0 Å². The Labute approximate surface area is 176 Å². The third kappa shape index (κ3) is 7.01. The first-order chi connectivity index (χ1) is 14.3. The van der Waals surface area contributed by atoms with Crippen molar-refractivity contribution in [1.82, 2.24) is 20.0 Å². The number of nitrogens with one attached hydrogen (secondary N) is 1. The number of nitrogens with zero attached hydrogens (tertiary/aromatic N) is 4. The first kappa shape index (κ1) is 22.1. The summed E-state index contributed by atoms with van der Waals surface area (Å²) in [6.45, 7) is 15.6. The van der Waals surface area contributed by atoms with Gasteiger partial charge in [0.15, 0.2) is 5.96 Å². The van der Waals surface area contributed by atoms with Gasteiger partial charge in [-0.3, -0.25) is 14.8 Å². The third-order valence-electron chi connectivity index (χ3n) is 6.02. The number of likely N-dealkylation sites (N-methyl/N-ethyl adjacent to an activating group) is 1. The number of aliphatic imine (C=N–C) groups is 1. The average molecular weight is 406 g/mol. The van der Waals surface area contributed by atoms with Crippen molar-refractivity contribution in [3.8, 4) is 0 Å². The summed E-state index contributed by atoms with van der Waals surface area (Å²) in [5.41, 5.74) is 0. The maximum absolute atomic E-state index is 5.47. The number of furan rings is 1. The van der Waals surface area contributed by atoms with Gasteiger partial charge in [-0.25, -0.2) is 0 Å². The van der Waals surface area contributed by atoms with E-state index in [9.17, 15) is 0 Å². The number of hydrogen-bond acceptors (Lipinski definition) is 5. The van der Waals surface area contributed by atoms with Crippen LogP contribution in [0.5, 0.6) is 0 Å². The Morgan fingerprint density at radius 2 is 2.07 bits per heavy atom. The SMILES string of the molecule is CCN(CC)C1CCN(C(=NCCCN2CCOCC2)NCCc2ccco2)C1. The average Bonchev–Trinajstić information content (AvgIpc) is 3.44. The van der Waals surface area contributed by atoms with Gasteiger partial charge >= 0.3 is 0 Å². The van der Waals surface area contributed by atoms with Crippen molar-refractivity contribution >= 4 is 5.96 Å². The van der Waals surface area contributed by atoms with Crippen LogP contribution >= 0.6 is 0 Å². The molecule has 0 aliphatic carbocycles. The van der Waals surface area contributed by atoms with Gasteiger partial charge in [0.25, 0.3) is 0 Å². The van der Waals surface area contributed by atoms with Gasteiger partial charge in [-0.1, -0.05) is 13.8 Å². The summed E-state index contributed by atoms with van der Waals surface area (Å²) >= 11 is 0. The van der Waals surface area contributed by atoms with Gasteiger partial charge in [0, 0.05) is 58.3 Å². The van der Waals surface area contributed by atoms with E-state index in [4.69, 9.17) is 14.1 Å². The molecule has 0 bridgehead atoms. The fourth-order valence-electron chi connectivity index (χ4n) is 4.30. The molecule has 2 fully saturated rings. The van der Waals surface area contributed by atoms with Gasteiger partial charge in [-0.15, -0.1) is 0 Å². The molecule has 1 aromatic rings. The lowest BCUT2D eigenvalue weighted by Gasteiger charge is -2.27. The highest BCUT2D eigenvalue weighted by Crippen LogP contribution is 2.15. The molecule has 2 saturated heterocycles. The second kappa shape index (κ2) is 12.2. The second-order valence-corrected chi connectivity index (χ2v) is 7.88. The number of rotatable bonds is 10. The Kier molecular flexibility index (Phi) is 9.31. The third-order valence-corrected chi connectivity index (χ3v) is 6.02. The van der Waals surface area contributed by atoms with E-state index in [2.05, 4.69) is 33.9 Å². The summed E-state index contributed by atoms with van der Waals surface area (Å²) < 4.78 is 10.9. The maximum atomic E-state index is 5.47. The molecule has 1 aromatic heterocycles. The highest BCUT2D eigenvalue weighted by atomic mass is 16.5.